The smallest absolute Gasteiger partial charge is 0.323 e. The standard InChI is InChI=1S/C14H13FN2O2S/c15-10-3-1-4-11(9-10)16-14(18)17-6-8-20-13(17)12-5-2-7-19-12/h1-5,7,9,13H,6,8H2,(H,16,18)/t13-/m1/s1. The molecular weight excluding hydrogens is 279 g/mol. The molecule has 104 valence electrons. The summed E-state index contributed by atoms with van der Waals surface area (Å²) in [4.78, 5) is 14.0. The summed E-state index contributed by atoms with van der Waals surface area (Å²) >= 11 is 1.65. The molecule has 0 spiro atoms. The van der Waals surface area contributed by atoms with Crippen molar-refractivity contribution in [3.05, 3.63) is 54.2 Å². The number of carbonyl (C=O) groups is 1. The van der Waals surface area contributed by atoms with Gasteiger partial charge in [0, 0.05) is 18.0 Å². The Kier molecular flexibility index (Phi) is 3.64. The predicted molar refractivity (Wildman–Crippen MR) is 76.0 cm³/mol. The minimum atomic E-state index is -0.374. The van der Waals surface area contributed by atoms with Gasteiger partial charge in [0.2, 0.25) is 0 Å². The molecule has 0 unspecified atom stereocenters. The van der Waals surface area contributed by atoms with E-state index in [-0.39, 0.29) is 17.2 Å². The second-order valence-corrected chi connectivity index (χ2v) is 5.56. The zero-order valence-corrected chi connectivity index (χ0v) is 11.4. The predicted octanol–water partition coefficient (Wildman–Crippen LogP) is 3.70. The highest BCUT2D eigenvalue weighted by Crippen LogP contribution is 2.38. The molecule has 0 aliphatic carbocycles. The number of anilines is 1. The average Bonchev–Trinajstić information content (AvgIpc) is 3.09. The fraction of sp³-hybridized carbons (Fsp3) is 0.214. The van der Waals surface area contributed by atoms with Gasteiger partial charge in [-0.15, -0.1) is 11.8 Å². The summed E-state index contributed by atoms with van der Waals surface area (Å²) in [5.41, 5.74) is 0.449. The lowest BCUT2D eigenvalue weighted by Gasteiger charge is -2.22. The van der Waals surface area contributed by atoms with E-state index in [0.29, 0.717) is 12.2 Å². The Morgan fingerprint density at radius 3 is 3.05 bits per heavy atom. The number of thioether (sulfide) groups is 1. The molecule has 3 rings (SSSR count). The van der Waals surface area contributed by atoms with Crippen LogP contribution in [-0.2, 0) is 0 Å². The van der Waals surface area contributed by atoms with Crippen LogP contribution >= 0.6 is 11.8 Å². The molecule has 6 heteroatoms. The summed E-state index contributed by atoms with van der Waals surface area (Å²) in [6, 6.07) is 9.26. The third kappa shape index (κ3) is 2.65. The van der Waals surface area contributed by atoms with Crippen molar-refractivity contribution in [3.8, 4) is 0 Å². The number of rotatable bonds is 2. The molecule has 2 aromatic rings. The van der Waals surface area contributed by atoms with Gasteiger partial charge >= 0.3 is 6.03 Å². The summed E-state index contributed by atoms with van der Waals surface area (Å²) in [5.74, 6) is 1.23. The minimum Gasteiger partial charge on any atom is -0.466 e. The van der Waals surface area contributed by atoms with Gasteiger partial charge in [0.15, 0.2) is 0 Å². The Morgan fingerprint density at radius 2 is 2.30 bits per heavy atom. The van der Waals surface area contributed by atoms with Crippen LogP contribution in [0.15, 0.2) is 47.1 Å². The van der Waals surface area contributed by atoms with Gasteiger partial charge in [-0.1, -0.05) is 6.07 Å². The summed E-state index contributed by atoms with van der Waals surface area (Å²) in [5, 5.41) is 2.58. The van der Waals surface area contributed by atoms with E-state index in [2.05, 4.69) is 5.32 Å². The van der Waals surface area contributed by atoms with Crippen molar-refractivity contribution in [2.45, 2.75) is 5.37 Å². The van der Waals surface area contributed by atoms with Crippen LogP contribution < -0.4 is 5.32 Å². The van der Waals surface area contributed by atoms with Gasteiger partial charge in [-0.3, -0.25) is 0 Å². The normalized spacial score (nSPS) is 18.2. The minimum absolute atomic E-state index is 0.126. The highest BCUT2D eigenvalue weighted by molar-refractivity contribution is 7.99. The highest BCUT2D eigenvalue weighted by Gasteiger charge is 2.32. The molecule has 1 fully saturated rings. The van der Waals surface area contributed by atoms with E-state index in [1.165, 1.54) is 12.1 Å². The van der Waals surface area contributed by atoms with Gasteiger partial charge in [0.1, 0.15) is 17.0 Å². The summed E-state index contributed by atoms with van der Waals surface area (Å²) < 4.78 is 18.5. The fourth-order valence-electron chi connectivity index (χ4n) is 2.11. The largest absolute Gasteiger partial charge is 0.466 e. The monoisotopic (exact) mass is 292 g/mol. The van der Waals surface area contributed by atoms with Crippen LogP contribution in [0.4, 0.5) is 14.9 Å². The number of urea groups is 1. The number of nitrogens with zero attached hydrogens (tertiary/aromatic N) is 1. The molecule has 2 heterocycles. The van der Waals surface area contributed by atoms with Gasteiger partial charge < -0.3 is 14.6 Å². The number of furan rings is 1. The lowest BCUT2D eigenvalue weighted by atomic mass is 10.3. The summed E-state index contributed by atoms with van der Waals surface area (Å²) in [6.45, 7) is 0.636. The first-order valence-electron chi connectivity index (χ1n) is 6.22. The van der Waals surface area contributed by atoms with Crippen LogP contribution in [0.5, 0.6) is 0 Å². The molecule has 1 aromatic carbocycles. The molecule has 1 N–H and O–H groups in total. The van der Waals surface area contributed by atoms with E-state index < -0.39 is 0 Å². The first-order chi connectivity index (χ1) is 9.74. The van der Waals surface area contributed by atoms with E-state index in [9.17, 15) is 9.18 Å². The van der Waals surface area contributed by atoms with Crippen molar-refractivity contribution in [2.24, 2.45) is 0 Å². The molecule has 1 aliphatic rings. The molecule has 4 nitrogen and oxygen atoms in total. The van der Waals surface area contributed by atoms with Gasteiger partial charge in [-0.05, 0) is 30.3 Å². The van der Waals surface area contributed by atoms with E-state index >= 15 is 0 Å². The van der Waals surface area contributed by atoms with Gasteiger partial charge in [-0.25, -0.2) is 9.18 Å². The molecule has 1 aromatic heterocycles. The van der Waals surface area contributed by atoms with Crippen LogP contribution in [-0.4, -0.2) is 23.2 Å². The van der Waals surface area contributed by atoms with Gasteiger partial charge in [0.05, 0.1) is 6.26 Å². The number of amides is 2. The topological polar surface area (TPSA) is 45.5 Å². The first kappa shape index (κ1) is 13.1. The molecule has 2 amide bonds. The Hall–Kier alpha value is -1.95. The molecule has 20 heavy (non-hydrogen) atoms. The Balaban J connectivity index is 1.73. The first-order valence-corrected chi connectivity index (χ1v) is 7.27. The molecule has 1 aliphatic heterocycles. The van der Waals surface area contributed by atoms with Crippen molar-refractivity contribution in [1.29, 1.82) is 0 Å². The van der Waals surface area contributed by atoms with Crippen molar-refractivity contribution in [1.82, 2.24) is 4.90 Å². The van der Waals surface area contributed by atoms with Crippen molar-refractivity contribution in [2.75, 3.05) is 17.6 Å². The molecule has 0 bridgehead atoms. The van der Waals surface area contributed by atoms with Crippen LogP contribution in [0.25, 0.3) is 0 Å². The maximum absolute atomic E-state index is 13.1. The Morgan fingerprint density at radius 1 is 1.40 bits per heavy atom. The SMILES string of the molecule is O=C(Nc1cccc(F)c1)N1CCS[C@@H]1c1ccco1. The van der Waals surface area contributed by atoms with E-state index in [1.54, 1.807) is 41.1 Å². The number of hydrogen-bond donors (Lipinski definition) is 1. The van der Waals surface area contributed by atoms with Crippen molar-refractivity contribution >= 4 is 23.5 Å². The molecule has 1 atom stereocenters. The van der Waals surface area contributed by atoms with Crippen molar-refractivity contribution < 1.29 is 13.6 Å². The van der Waals surface area contributed by atoms with E-state index in [4.69, 9.17) is 4.42 Å². The zero-order valence-electron chi connectivity index (χ0n) is 10.6. The second-order valence-electron chi connectivity index (χ2n) is 4.37. The second kappa shape index (κ2) is 5.58. The number of carbonyl (C=O) groups excluding carboxylic acids is 1. The molecule has 1 saturated heterocycles. The quantitative estimate of drug-likeness (QED) is 0.918. The maximum Gasteiger partial charge on any atom is 0.323 e. The lowest BCUT2D eigenvalue weighted by Crippen LogP contribution is -2.34. The molecule has 0 saturated carbocycles. The molecule has 0 radical (unpaired) electrons. The van der Waals surface area contributed by atoms with E-state index in [1.807, 2.05) is 6.07 Å². The third-order valence-corrected chi connectivity index (χ3v) is 4.24. The highest BCUT2D eigenvalue weighted by atomic mass is 32.2. The number of nitrogens with one attached hydrogen (secondary N) is 1. The van der Waals surface area contributed by atoms with Crippen LogP contribution in [0.1, 0.15) is 11.1 Å². The van der Waals surface area contributed by atoms with Gasteiger partial charge in [0.25, 0.3) is 0 Å². The average molecular weight is 292 g/mol. The number of hydrogen-bond acceptors (Lipinski definition) is 3. The van der Waals surface area contributed by atoms with Crippen LogP contribution in [0, 0.1) is 5.82 Å². The summed E-state index contributed by atoms with van der Waals surface area (Å²) in [6.07, 6.45) is 1.59. The Labute approximate surface area is 119 Å². The third-order valence-electron chi connectivity index (χ3n) is 3.01. The summed E-state index contributed by atoms with van der Waals surface area (Å²) in [7, 11) is 0. The zero-order chi connectivity index (χ0) is 13.9. The maximum atomic E-state index is 13.1. The van der Waals surface area contributed by atoms with Crippen LogP contribution in [0.2, 0.25) is 0 Å². The van der Waals surface area contributed by atoms with Gasteiger partial charge in [-0.2, -0.15) is 0 Å². The Bertz CT molecular complexity index is 603. The number of benzene rings is 1. The number of halogens is 1. The van der Waals surface area contributed by atoms with Crippen molar-refractivity contribution in [3.63, 3.8) is 0 Å². The lowest BCUT2D eigenvalue weighted by molar-refractivity contribution is 0.209. The van der Waals surface area contributed by atoms with Crippen LogP contribution in [0.3, 0.4) is 0 Å². The fourth-order valence-corrected chi connectivity index (χ4v) is 3.31. The van der Waals surface area contributed by atoms with E-state index in [0.717, 1.165) is 11.5 Å². The molecular formula is C14H13FN2O2S.